The minimum atomic E-state index is -0.506. The normalized spacial score (nSPS) is 19.0. The minimum Gasteiger partial charge on any atom is -0.476 e. The van der Waals surface area contributed by atoms with Gasteiger partial charge in [0.2, 0.25) is 5.88 Å². The Balaban J connectivity index is 1.87. The zero-order valence-corrected chi connectivity index (χ0v) is 9.59. The highest BCUT2D eigenvalue weighted by molar-refractivity contribution is 5.86. The average Bonchev–Trinajstić information content (AvgIpc) is 2.89. The lowest BCUT2D eigenvalue weighted by molar-refractivity contribution is 0.0593. The Morgan fingerprint density at radius 2 is 2.41 bits per heavy atom. The van der Waals surface area contributed by atoms with Crippen LogP contribution in [0.3, 0.4) is 0 Å². The van der Waals surface area contributed by atoms with Gasteiger partial charge in [0.25, 0.3) is 0 Å². The molecule has 2 heterocycles. The van der Waals surface area contributed by atoms with E-state index in [0.29, 0.717) is 18.4 Å². The van der Waals surface area contributed by atoms with Gasteiger partial charge in [-0.15, -0.1) is 0 Å². The summed E-state index contributed by atoms with van der Waals surface area (Å²) < 4.78 is 15.2. The molecule has 1 aliphatic heterocycles. The maximum absolute atomic E-state index is 11.1. The van der Waals surface area contributed by atoms with Crippen LogP contribution in [0.25, 0.3) is 0 Å². The Bertz CT molecular complexity index is 374. The highest BCUT2D eigenvalue weighted by atomic mass is 16.5. The molecule has 1 saturated heterocycles. The summed E-state index contributed by atoms with van der Waals surface area (Å²) in [6, 6.07) is 0. The molecule has 0 amide bonds. The molecule has 0 N–H and O–H groups in total. The maximum atomic E-state index is 11.1. The van der Waals surface area contributed by atoms with Crippen molar-refractivity contribution >= 4 is 5.97 Å². The van der Waals surface area contributed by atoms with E-state index in [1.54, 1.807) is 0 Å². The molecule has 1 atom stereocenters. The van der Waals surface area contributed by atoms with E-state index in [1.807, 2.05) is 0 Å². The number of carbonyl (C=O) groups is 1. The number of ether oxygens (including phenoxy) is 3. The number of hydrogen-bond donors (Lipinski definition) is 0. The quantitative estimate of drug-likeness (QED) is 0.718. The molecule has 17 heavy (non-hydrogen) atoms. The molecule has 0 bridgehead atoms. The van der Waals surface area contributed by atoms with Crippen LogP contribution in [0.1, 0.15) is 16.9 Å². The predicted octanol–water partition coefficient (Wildman–Crippen LogP) is 0.678. The van der Waals surface area contributed by atoms with E-state index in [0.717, 1.165) is 19.6 Å². The van der Waals surface area contributed by atoms with E-state index in [2.05, 4.69) is 14.7 Å². The van der Waals surface area contributed by atoms with Gasteiger partial charge in [0, 0.05) is 12.5 Å². The van der Waals surface area contributed by atoms with Gasteiger partial charge in [-0.3, -0.25) is 0 Å². The molecule has 0 aromatic carbocycles. The van der Waals surface area contributed by atoms with Crippen molar-refractivity contribution in [3.63, 3.8) is 0 Å². The lowest BCUT2D eigenvalue weighted by atomic mass is 10.1. The van der Waals surface area contributed by atoms with Gasteiger partial charge in [0.15, 0.2) is 5.69 Å². The molecule has 1 aromatic rings. The highest BCUT2D eigenvalue weighted by Crippen LogP contribution is 2.14. The van der Waals surface area contributed by atoms with Crippen LogP contribution in [0.2, 0.25) is 0 Å². The molecule has 92 valence electrons. The summed E-state index contributed by atoms with van der Waals surface area (Å²) in [7, 11) is 1.30. The van der Waals surface area contributed by atoms with Gasteiger partial charge in [0.1, 0.15) is 0 Å². The molecule has 1 aromatic heterocycles. The van der Waals surface area contributed by atoms with Gasteiger partial charge >= 0.3 is 5.97 Å². The molecular formula is C11H14N2O4. The summed E-state index contributed by atoms with van der Waals surface area (Å²) in [5.41, 5.74) is 0.170. The maximum Gasteiger partial charge on any atom is 0.358 e. The second-order valence-electron chi connectivity index (χ2n) is 3.77. The summed E-state index contributed by atoms with van der Waals surface area (Å²) in [5, 5.41) is 0. The minimum absolute atomic E-state index is 0.170. The molecule has 2 rings (SSSR count). The number of rotatable bonds is 4. The van der Waals surface area contributed by atoms with Gasteiger partial charge < -0.3 is 14.2 Å². The number of nitrogens with zero attached hydrogens (tertiary/aromatic N) is 2. The Labute approximate surface area is 98.9 Å². The first kappa shape index (κ1) is 11.8. The molecule has 0 spiro atoms. The van der Waals surface area contributed by atoms with Crippen molar-refractivity contribution < 1.29 is 19.0 Å². The molecule has 6 heteroatoms. The van der Waals surface area contributed by atoms with Crippen LogP contribution in [0.4, 0.5) is 0 Å². The van der Waals surface area contributed by atoms with Crippen LogP contribution in [0.5, 0.6) is 5.88 Å². The Hall–Kier alpha value is -1.69. The van der Waals surface area contributed by atoms with E-state index in [4.69, 9.17) is 9.47 Å². The van der Waals surface area contributed by atoms with Crippen molar-refractivity contribution in [2.75, 3.05) is 26.9 Å². The van der Waals surface area contributed by atoms with Crippen LogP contribution in [-0.2, 0) is 9.47 Å². The third-order valence-electron chi connectivity index (χ3n) is 2.51. The molecule has 0 radical (unpaired) electrons. The molecular weight excluding hydrogens is 224 g/mol. The smallest absolute Gasteiger partial charge is 0.358 e. The fourth-order valence-corrected chi connectivity index (χ4v) is 1.52. The summed E-state index contributed by atoms with van der Waals surface area (Å²) in [4.78, 5) is 19.0. The molecule has 1 fully saturated rings. The second kappa shape index (κ2) is 5.58. The Kier molecular flexibility index (Phi) is 3.87. The lowest BCUT2D eigenvalue weighted by Crippen LogP contribution is -2.13. The van der Waals surface area contributed by atoms with Crippen LogP contribution < -0.4 is 4.74 Å². The first-order chi connectivity index (χ1) is 8.29. The first-order valence-electron chi connectivity index (χ1n) is 5.40. The van der Waals surface area contributed by atoms with Gasteiger partial charge in [-0.05, 0) is 6.42 Å². The number of methoxy groups -OCH3 is 1. The summed E-state index contributed by atoms with van der Waals surface area (Å²) in [6.07, 6.45) is 3.77. The van der Waals surface area contributed by atoms with Crippen molar-refractivity contribution in [3.05, 3.63) is 18.1 Å². The fourth-order valence-electron chi connectivity index (χ4n) is 1.52. The zero-order chi connectivity index (χ0) is 12.1. The molecule has 6 nitrogen and oxygen atoms in total. The topological polar surface area (TPSA) is 70.5 Å². The largest absolute Gasteiger partial charge is 0.476 e. The number of esters is 1. The fraction of sp³-hybridized carbons (Fsp3) is 0.545. The monoisotopic (exact) mass is 238 g/mol. The van der Waals surface area contributed by atoms with Crippen molar-refractivity contribution in [3.8, 4) is 5.88 Å². The number of carbonyl (C=O) groups excluding carboxylic acids is 1. The Morgan fingerprint density at radius 3 is 3.00 bits per heavy atom. The molecule has 0 saturated carbocycles. The second-order valence-corrected chi connectivity index (χ2v) is 3.77. The third kappa shape index (κ3) is 3.13. The average molecular weight is 238 g/mol. The van der Waals surface area contributed by atoms with E-state index in [1.165, 1.54) is 19.5 Å². The van der Waals surface area contributed by atoms with E-state index in [-0.39, 0.29) is 5.69 Å². The molecule has 1 aliphatic rings. The van der Waals surface area contributed by atoms with Gasteiger partial charge in [-0.1, -0.05) is 0 Å². The van der Waals surface area contributed by atoms with E-state index < -0.39 is 5.97 Å². The summed E-state index contributed by atoms with van der Waals surface area (Å²) in [5.74, 6) is 0.315. The van der Waals surface area contributed by atoms with Crippen LogP contribution in [-0.4, -0.2) is 42.9 Å². The van der Waals surface area contributed by atoms with Gasteiger partial charge in [-0.25, -0.2) is 14.8 Å². The van der Waals surface area contributed by atoms with Crippen LogP contribution in [0.15, 0.2) is 12.4 Å². The van der Waals surface area contributed by atoms with Crippen molar-refractivity contribution in [1.29, 1.82) is 0 Å². The predicted molar refractivity (Wildman–Crippen MR) is 57.8 cm³/mol. The van der Waals surface area contributed by atoms with Crippen molar-refractivity contribution in [1.82, 2.24) is 9.97 Å². The number of hydrogen-bond acceptors (Lipinski definition) is 6. The van der Waals surface area contributed by atoms with Crippen LogP contribution >= 0.6 is 0 Å². The standard InChI is InChI=1S/C11H14N2O4/c1-15-11(14)9-4-13-10(5-12-9)17-7-8-2-3-16-6-8/h4-5,8H,2-3,6-7H2,1H3. The first-order valence-corrected chi connectivity index (χ1v) is 5.40. The molecule has 1 unspecified atom stereocenters. The van der Waals surface area contributed by atoms with Crippen molar-refractivity contribution in [2.24, 2.45) is 5.92 Å². The molecule has 0 aliphatic carbocycles. The lowest BCUT2D eigenvalue weighted by Gasteiger charge is -2.08. The van der Waals surface area contributed by atoms with Crippen molar-refractivity contribution in [2.45, 2.75) is 6.42 Å². The SMILES string of the molecule is COC(=O)c1cnc(OCC2CCOC2)cn1. The Morgan fingerprint density at radius 1 is 1.53 bits per heavy atom. The van der Waals surface area contributed by atoms with Gasteiger partial charge in [-0.2, -0.15) is 0 Å². The van der Waals surface area contributed by atoms with E-state index in [9.17, 15) is 4.79 Å². The van der Waals surface area contributed by atoms with Gasteiger partial charge in [0.05, 0.1) is 32.7 Å². The zero-order valence-electron chi connectivity index (χ0n) is 9.59. The number of aromatic nitrogens is 2. The summed E-state index contributed by atoms with van der Waals surface area (Å²) >= 11 is 0. The van der Waals surface area contributed by atoms with Crippen LogP contribution in [0, 0.1) is 5.92 Å². The third-order valence-corrected chi connectivity index (χ3v) is 2.51. The summed E-state index contributed by atoms with van der Waals surface area (Å²) in [6.45, 7) is 2.08. The highest BCUT2D eigenvalue weighted by Gasteiger charge is 2.16. The van der Waals surface area contributed by atoms with E-state index >= 15 is 0 Å².